The van der Waals surface area contributed by atoms with Gasteiger partial charge in [-0.15, -0.1) is 22.7 Å². The molecule has 0 aliphatic heterocycles. The van der Waals surface area contributed by atoms with E-state index in [4.69, 9.17) is 0 Å². The fourth-order valence-electron chi connectivity index (χ4n) is 1.56. The molecule has 0 radical (unpaired) electrons. The van der Waals surface area contributed by atoms with Crippen molar-refractivity contribution in [3.8, 4) is 0 Å². The molecule has 2 heterocycles. The van der Waals surface area contributed by atoms with Crippen molar-refractivity contribution < 1.29 is 5.11 Å². The normalized spacial score (nSPS) is 11.2. The third-order valence-electron chi connectivity index (χ3n) is 2.22. The number of nitrogens with zero attached hydrogens (tertiary/aromatic N) is 2. The second-order valence-electron chi connectivity index (χ2n) is 3.78. The van der Waals surface area contributed by atoms with E-state index in [2.05, 4.69) is 9.97 Å². The molecule has 0 saturated heterocycles. The number of aliphatic hydroxyl groups is 1. The SMILES string of the molecule is Cc1nc(CC(O)Cc2csc(C)n2)cs1. The molecule has 16 heavy (non-hydrogen) atoms. The van der Waals surface area contributed by atoms with Crippen LogP contribution in [0.15, 0.2) is 10.8 Å². The lowest BCUT2D eigenvalue weighted by molar-refractivity contribution is 0.173. The summed E-state index contributed by atoms with van der Waals surface area (Å²) in [5.41, 5.74) is 1.95. The summed E-state index contributed by atoms with van der Waals surface area (Å²) in [6.45, 7) is 3.95. The van der Waals surface area contributed by atoms with Gasteiger partial charge in [-0.1, -0.05) is 0 Å². The number of aliphatic hydroxyl groups excluding tert-OH is 1. The first-order chi connectivity index (χ1) is 7.63. The first-order valence-corrected chi connectivity index (χ1v) is 6.89. The Hall–Kier alpha value is -0.780. The summed E-state index contributed by atoms with van der Waals surface area (Å²) >= 11 is 3.24. The molecule has 0 spiro atoms. The Kier molecular flexibility index (Phi) is 3.68. The first kappa shape index (κ1) is 11.7. The van der Waals surface area contributed by atoms with Gasteiger partial charge in [0.25, 0.3) is 0 Å². The summed E-state index contributed by atoms with van der Waals surface area (Å²) in [7, 11) is 0. The second kappa shape index (κ2) is 5.03. The maximum atomic E-state index is 9.90. The molecule has 5 heteroatoms. The molecular weight excluding hydrogens is 240 g/mol. The van der Waals surface area contributed by atoms with E-state index in [0.29, 0.717) is 12.8 Å². The minimum absolute atomic E-state index is 0.386. The predicted octanol–water partition coefficient (Wildman–Crippen LogP) is 2.36. The Bertz CT molecular complexity index is 422. The van der Waals surface area contributed by atoms with Crippen molar-refractivity contribution in [1.29, 1.82) is 0 Å². The Morgan fingerprint density at radius 1 is 1.06 bits per heavy atom. The fraction of sp³-hybridized carbons (Fsp3) is 0.455. The smallest absolute Gasteiger partial charge is 0.0897 e. The molecule has 0 unspecified atom stereocenters. The van der Waals surface area contributed by atoms with Gasteiger partial charge in [0, 0.05) is 23.6 Å². The average molecular weight is 254 g/mol. The number of aromatic nitrogens is 2. The van der Waals surface area contributed by atoms with Gasteiger partial charge in [0.1, 0.15) is 0 Å². The summed E-state index contributed by atoms with van der Waals surface area (Å²) in [6.07, 6.45) is 0.838. The lowest BCUT2D eigenvalue weighted by atomic mass is 10.1. The minimum Gasteiger partial charge on any atom is -0.392 e. The molecule has 1 N–H and O–H groups in total. The Morgan fingerprint density at radius 2 is 1.50 bits per heavy atom. The van der Waals surface area contributed by atoms with Crippen LogP contribution in [0.25, 0.3) is 0 Å². The van der Waals surface area contributed by atoms with Gasteiger partial charge in [-0.25, -0.2) is 9.97 Å². The molecule has 0 fully saturated rings. The monoisotopic (exact) mass is 254 g/mol. The van der Waals surface area contributed by atoms with Gasteiger partial charge < -0.3 is 5.11 Å². The van der Waals surface area contributed by atoms with Gasteiger partial charge in [-0.05, 0) is 13.8 Å². The molecular formula is C11H14N2OS2. The van der Waals surface area contributed by atoms with Gasteiger partial charge in [-0.3, -0.25) is 0 Å². The molecule has 0 aliphatic carbocycles. The first-order valence-electron chi connectivity index (χ1n) is 5.13. The molecule has 0 aromatic carbocycles. The molecule has 3 nitrogen and oxygen atoms in total. The van der Waals surface area contributed by atoms with Crippen LogP contribution in [0.1, 0.15) is 21.4 Å². The summed E-state index contributed by atoms with van der Waals surface area (Å²) in [5, 5.41) is 16.0. The molecule has 0 bridgehead atoms. The van der Waals surface area contributed by atoms with Crippen LogP contribution in [-0.2, 0) is 12.8 Å². The summed E-state index contributed by atoms with van der Waals surface area (Å²) in [4.78, 5) is 8.68. The number of aryl methyl sites for hydroxylation is 2. The van der Waals surface area contributed by atoms with Crippen molar-refractivity contribution >= 4 is 22.7 Å². The molecule has 0 aliphatic rings. The van der Waals surface area contributed by atoms with Crippen LogP contribution in [0.3, 0.4) is 0 Å². The lowest BCUT2D eigenvalue weighted by Gasteiger charge is -2.06. The average Bonchev–Trinajstić information content (AvgIpc) is 2.76. The lowest BCUT2D eigenvalue weighted by Crippen LogP contribution is -2.14. The number of hydrogen-bond donors (Lipinski definition) is 1. The van der Waals surface area contributed by atoms with E-state index in [0.717, 1.165) is 21.4 Å². The van der Waals surface area contributed by atoms with Gasteiger partial charge in [0.2, 0.25) is 0 Å². The molecule has 0 atom stereocenters. The van der Waals surface area contributed by atoms with E-state index < -0.39 is 0 Å². The quantitative estimate of drug-likeness (QED) is 0.911. The summed E-state index contributed by atoms with van der Waals surface area (Å²) in [6, 6.07) is 0. The van der Waals surface area contributed by atoms with Gasteiger partial charge in [-0.2, -0.15) is 0 Å². The Labute approximate surface area is 103 Å². The van der Waals surface area contributed by atoms with Crippen LogP contribution in [0.5, 0.6) is 0 Å². The van der Waals surface area contributed by atoms with Crippen LogP contribution in [0, 0.1) is 13.8 Å². The van der Waals surface area contributed by atoms with Crippen molar-refractivity contribution in [1.82, 2.24) is 9.97 Å². The van der Waals surface area contributed by atoms with Crippen LogP contribution in [0.4, 0.5) is 0 Å². The minimum atomic E-state index is -0.386. The Morgan fingerprint density at radius 3 is 1.81 bits per heavy atom. The zero-order valence-corrected chi connectivity index (χ0v) is 10.9. The second-order valence-corrected chi connectivity index (χ2v) is 5.90. The third kappa shape index (κ3) is 3.10. The molecule has 2 rings (SSSR count). The molecule has 2 aromatic heterocycles. The van der Waals surface area contributed by atoms with Crippen molar-refractivity contribution in [2.45, 2.75) is 32.8 Å². The topological polar surface area (TPSA) is 46.0 Å². The van der Waals surface area contributed by atoms with Gasteiger partial charge in [0.15, 0.2) is 0 Å². The zero-order chi connectivity index (χ0) is 11.5. The summed E-state index contributed by atoms with van der Waals surface area (Å²) < 4.78 is 0. The summed E-state index contributed by atoms with van der Waals surface area (Å²) in [5.74, 6) is 0. The maximum absolute atomic E-state index is 9.90. The van der Waals surface area contributed by atoms with Gasteiger partial charge >= 0.3 is 0 Å². The fourth-order valence-corrected chi connectivity index (χ4v) is 2.81. The van der Waals surface area contributed by atoms with E-state index in [1.807, 2.05) is 24.6 Å². The number of rotatable bonds is 4. The van der Waals surface area contributed by atoms with E-state index >= 15 is 0 Å². The van der Waals surface area contributed by atoms with E-state index in [-0.39, 0.29) is 6.10 Å². The highest BCUT2D eigenvalue weighted by molar-refractivity contribution is 7.09. The van der Waals surface area contributed by atoms with Crippen molar-refractivity contribution in [3.05, 3.63) is 32.2 Å². The van der Waals surface area contributed by atoms with Gasteiger partial charge in [0.05, 0.1) is 27.5 Å². The number of hydrogen-bond acceptors (Lipinski definition) is 5. The highest BCUT2D eigenvalue weighted by Crippen LogP contribution is 2.14. The standard InChI is InChI=1S/C11H14N2OS2/c1-7-12-9(5-15-7)3-11(14)4-10-6-16-8(2)13-10/h5-6,11,14H,3-4H2,1-2H3. The molecule has 0 amide bonds. The predicted molar refractivity (Wildman–Crippen MR) is 67.1 cm³/mol. The van der Waals surface area contributed by atoms with Crippen LogP contribution < -0.4 is 0 Å². The number of thiazole rings is 2. The van der Waals surface area contributed by atoms with E-state index in [1.54, 1.807) is 22.7 Å². The third-order valence-corrected chi connectivity index (χ3v) is 3.87. The highest BCUT2D eigenvalue weighted by Gasteiger charge is 2.10. The van der Waals surface area contributed by atoms with Crippen molar-refractivity contribution in [2.75, 3.05) is 0 Å². The Balaban J connectivity index is 1.91. The van der Waals surface area contributed by atoms with Crippen molar-refractivity contribution in [3.63, 3.8) is 0 Å². The van der Waals surface area contributed by atoms with Crippen LogP contribution in [0.2, 0.25) is 0 Å². The molecule has 0 saturated carbocycles. The largest absolute Gasteiger partial charge is 0.392 e. The highest BCUT2D eigenvalue weighted by atomic mass is 32.1. The maximum Gasteiger partial charge on any atom is 0.0897 e. The van der Waals surface area contributed by atoms with E-state index in [1.165, 1.54) is 0 Å². The van der Waals surface area contributed by atoms with Crippen molar-refractivity contribution in [2.24, 2.45) is 0 Å². The van der Waals surface area contributed by atoms with E-state index in [9.17, 15) is 5.11 Å². The van der Waals surface area contributed by atoms with Crippen LogP contribution >= 0.6 is 22.7 Å². The zero-order valence-electron chi connectivity index (χ0n) is 9.30. The molecule has 2 aromatic rings. The molecule has 86 valence electrons. The van der Waals surface area contributed by atoms with Crippen LogP contribution in [-0.4, -0.2) is 21.2 Å².